The molecule has 1 aliphatic carbocycles. The molecular formula is C14H13NS3. The zero-order valence-electron chi connectivity index (χ0n) is 9.69. The summed E-state index contributed by atoms with van der Waals surface area (Å²) in [5, 5.41) is 0. The molecule has 0 saturated carbocycles. The Morgan fingerprint density at radius 1 is 1.22 bits per heavy atom. The van der Waals surface area contributed by atoms with E-state index >= 15 is 0 Å². The molecule has 2 aliphatic rings. The zero-order chi connectivity index (χ0) is 12.6. The van der Waals surface area contributed by atoms with Gasteiger partial charge < -0.3 is 0 Å². The van der Waals surface area contributed by atoms with E-state index in [1.165, 1.54) is 38.1 Å². The molecule has 1 nitrogen and oxygen atoms in total. The van der Waals surface area contributed by atoms with Crippen LogP contribution in [0.2, 0.25) is 0 Å². The monoisotopic (exact) mass is 291 g/mol. The second-order valence-electron chi connectivity index (χ2n) is 3.60. The Morgan fingerprint density at radius 3 is 2.83 bits per heavy atom. The first-order valence-corrected chi connectivity index (χ1v) is 8.17. The van der Waals surface area contributed by atoms with Crippen molar-refractivity contribution in [3.05, 3.63) is 59.0 Å². The Balaban J connectivity index is 0.000000149. The van der Waals surface area contributed by atoms with Crippen molar-refractivity contribution in [3.63, 3.8) is 0 Å². The third kappa shape index (κ3) is 4.12. The number of fused-ring (bicyclic) bond motifs is 1. The predicted octanol–water partition coefficient (Wildman–Crippen LogP) is 5.20. The highest BCUT2D eigenvalue weighted by atomic mass is 33.1. The van der Waals surface area contributed by atoms with Gasteiger partial charge in [-0.15, -0.1) is 11.7 Å². The maximum absolute atomic E-state index is 4.12. The van der Waals surface area contributed by atoms with Gasteiger partial charge in [0.2, 0.25) is 0 Å². The Kier molecular flexibility index (Phi) is 5.71. The minimum absolute atomic E-state index is 1.08. The molecule has 0 radical (unpaired) electrons. The molecule has 0 spiro atoms. The molecule has 0 amide bonds. The van der Waals surface area contributed by atoms with Crippen LogP contribution in [0.4, 0.5) is 0 Å². The normalized spacial score (nSPS) is 15.5. The van der Waals surface area contributed by atoms with Crippen LogP contribution in [-0.2, 0) is 0 Å². The van der Waals surface area contributed by atoms with E-state index in [2.05, 4.69) is 52.5 Å². The van der Waals surface area contributed by atoms with Gasteiger partial charge in [0.05, 0.1) is 0 Å². The van der Waals surface area contributed by atoms with E-state index in [1.807, 2.05) is 24.4 Å². The van der Waals surface area contributed by atoms with Crippen molar-refractivity contribution >= 4 is 46.7 Å². The van der Waals surface area contributed by atoms with Crippen molar-refractivity contribution in [2.75, 3.05) is 0 Å². The smallest absolute Gasteiger partial charge is 0.0377 e. The Labute approximate surface area is 121 Å². The Morgan fingerprint density at radius 2 is 2.11 bits per heavy atom. The molecule has 1 heterocycles. The first-order chi connectivity index (χ1) is 8.90. The van der Waals surface area contributed by atoms with E-state index < -0.39 is 0 Å². The lowest BCUT2D eigenvalue weighted by Gasteiger charge is -1.97. The van der Waals surface area contributed by atoms with E-state index in [0.29, 0.717) is 0 Å². The van der Waals surface area contributed by atoms with Crippen molar-refractivity contribution in [1.29, 1.82) is 0 Å². The molecule has 0 N–H and O–H groups in total. The fourth-order valence-electron chi connectivity index (χ4n) is 1.47. The number of rotatable bonds is 1. The molecule has 0 bridgehead atoms. The molecular weight excluding hydrogens is 278 g/mol. The average molecular weight is 291 g/mol. The summed E-state index contributed by atoms with van der Waals surface area (Å²) in [7, 11) is 1.53. The first kappa shape index (κ1) is 13.6. The standard InChI is InChI=1S/C9H7NS.C5H6S2/c1-2-6-9-8(4-1)5-3-7-10-11-9;6-7-5-3-1-2-4-5/h1-7H;1-3,6H,4H2. The van der Waals surface area contributed by atoms with Crippen LogP contribution in [0.3, 0.4) is 0 Å². The lowest BCUT2D eigenvalue weighted by atomic mass is 10.2. The molecule has 92 valence electrons. The summed E-state index contributed by atoms with van der Waals surface area (Å²) in [6.07, 6.45) is 13.2. The summed E-state index contributed by atoms with van der Waals surface area (Å²) in [5.41, 5.74) is 1.25. The Hall–Kier alpha value is -0.840. The molecule has 1 aliphatic heterocycles. The highest BCUT2D eigenvalue weighted by Gasteiger charge is 1.98. The third-order valence-electron chi connectivity index (χ3n) is 2.35. The molecule has 1 aromatic carbocycles. The number of benzene rings is 1. The largest absolute Gasteiger partial charge is 0.219 e. The van der Waals surface area contributed by atoms with Gasteiger partial charge in [0.25, 0.3) is 0 Å². The molecule has 0 saturated heterocycles. The quantitative estimate of drug-likeness (QED) is 0.434. The highest BCUT2D eigenvalue weighted by Crippen LogP contribution is 2.26. The molecule has 1 aromatic rings. The van der Waals surface area contributed by atoms with Gasteiger partial charge in [0, 0.05) is 23.1 Å². The molecule has 0 fully saturated rings. The number of hydrogen-bond acceptors (Lipinski definition) is 4. The van der Waals surface area contributed by atoms with Gasteiger partial charge in [0.15, 0.2) is 0 Å². The summed E-state index contributed by atoms with van der Waals surface area (Å²) in [5.74, 6) is 0. The second-order valence-corrected chi connectivity index (χ2v) is 5.69. The van der Waals surface area contributed by atoms with Gasteiger partial charge in [0.1, 0.15) is 0 Å². The molecule has 0 unspecified atom stereocenters. The van der Waals surface area contributed by atoms with Gasteiger partial charge in [-0.05, 0) is 29.0 Å². The van der Waals surface area contributed by atoms with Crippen LogP contribution in [0.25, 0.3) is 6.08 Å². The van der Waals surface area contributed by atoms with Gasteiger partial charge in [-0.2, -0.15) is 0 Å². The van der Waals surface area contributed by atoms with E-state index in [9.17, 15) is 0 Å². The summed E-state index contributed by atoms with van der Waals surface area (Å²) in [6.45, 7) is 0. The molecule has 0 aromatic heterocycles. The van der Waals surface area contributed by atoms with E-state index in [-0.39, 0.29) is 0 Å². The summed E-state index contributed by atoms with van der Waals surface area (Å²) < 4.78 is 4.12. The predicted molar refractivity (Wildman–Crippen MR) is 88.2 cm³/mol. The summed E-state index contributed by atoms with van der Waals surface area (Å²) in [6, 6.07) is 8.23. The fraction of sp³-hybridized carbons (Fsp3) is 0.0714. The van der Waals surface area contributed by atoms with Crippen molar-refractivity contribution in [3.8, 4) is 0 Å². The van der Waals surface area contributed by atoms with Crippen LogP contribution in [-0.4, -0.2) is 6.21 Å². The SMILES string of the molecule is C1=Cc2ccccc2SN=C1.SSC1=CC=CC1. The molecule has 0 atom stereocenters. The van der Waals surface area contributed by atoms with E-state index in [1.54, 1.807) is 0 Å². The summed E-state index contributed by atoms with van der Waals surface area (Å²) >= 11 is 5.54. The number of allylic oxidation sites excluding steroid dienone is 5. The van der Waals surface area contributed by atoms with Crippen molar-refractivity contribution in [2.45, 2.75) is 11.3 Å². The fourth-order valence-corrected chi connectivity index (χ4v) is 2.81. The number of hydrogen-bond donors (Lipinski definition) is 1. The van der Waals surface area contributed by atoms with Gasteiger partial charge in [-0.3, -0.25) is 0 Å². The van der Waals surface area contributed by atoms with Crippen molar-refractivity contribution < 1.29 is 0 Å². The highest BCUT2D eigenvalue weighted by molar-refractivity contribution is 8.70. The average Bonchev–Trinajstić information content (AvgIpc) is 2.84. The van der Waals surface area contributed by atoms with Gasteiger partial charge >= 0.3 is 0 Å². The minimum atomic E-state index is 1.08. The zero-order valence-corrected chi connectivity index (χ0v) is 12.2. The molecule has 4 heteroatoms. The van der Waals surface area contributed by atoms with Gasteiger partial charge in [-0.1, -0.05) is 53.3 Å². The topological polar surface area (TPSA) is 12.4 Å². The van der Waals surface area contributed by atoms with Crippen molar-refractivity contribution in [1.82, 2.24) is 0 Å². The van der Waals surface area contributed by atoms with Crippen LogP contribution in [0, 0.1) is 0 Å². The van der Waals surface area contributed by atoms with Crippen LogP contribution in [0.1, 0.15) is 12.0 Å². The number of nitrogens with zero attached hydrogens (tertiary/aromatic N) is 1. The lowest BCUT2D eigenvalue weighted by molar-refractivity contribution is 1.42. The van der Waals surface area contributed by atoms with Crippen molar-refractivity contribution in [2.24, 2.45) is 4.40 Å². The minimum Gasteiger partial charge on any atom is -0.219 e. The maximum atomic E-state index is 4.12. The van der Waals surface area contributed by atoms with E-state index in [4.69, 9.17) is 0 Å². The van der Waals surface area contributed by atoms with Gasteiger partial charge in [-0.25, -0.2) is 4.40 Å². The molecule has 3 rings (SSSR count). The van der Waals surface area contributed by atoms with Crippen LogP contribution in [0.15, 0.2) is 62.8 Å². The first-order valence-electron chi connectivity index (χ1n) is 5.53. The van der Waals surface area contributed by atoms with Crippen LogP contribution < -0.4 is 0 Å². The molecule has 18 heavy (non-hydrogen) atoms. The Bertz CT molecular complexity index is 516. The lowest BCUT2D eigenvalue weighted by Crippen LogP contribution is -1.73. The van der Waals surface area contributed by atoms with Crippen LogP contribution >= 0.6 is 34.4 Å². The van der Waals surface area contributed by atoms with E-state index in [0.717, 1.165) is 6.42 Å². The number of thiol groups is 1. The van der Waals surface area contributed by atoms with Crippen LogP contribution in [0.5, 0.6) is 0 Å². The second kappa shape index (κ2) is 7.56. The summed E-state index contributed by atoms with van der Waals surface area (Å²) in [4.78, 5) is 2.56. The third-order valence-corrected chi connectivity index (χ3v) is 4.38. The maximum Gasteiger partial charge on any atom is 0.0377 e.